The summed E-state index contributed by atoms with van der Waals surface area (Å²) >= 11 is 0. The molecule has 0 bridgehead atoms. The van der Waals surface area contributed by atoms with Crippen molar-refractivity contribution in [2.24, 2.45) is 0 Å². The lowest BCUT2D eigenvalue weighted by atomic mass is 10.0. The van der Waals surface area contributed by atoms with Crippen molar-refractivity contribution in [2.75, 3.05) is 0 Å². The molecule has 0 amide bonds. The van der Waals surface area contributed by atoms with Crippen LogP contribution in [0.25, 0.3) is 5.69 Å². The number of carbonyl (C=O) groups is 1. The van der Waals surface area contributed by atoms with Gasteiger partial charge in [0.25, 0.3) is 5.56 Å². The maximum Gasteiger partial charge on any atom is 0.337 e. The molecule has 0 spiro atoms. The van der Waals surface area contributed by atoms with Crippen molar-refractivity contribution in [1.82, 2.24) is 4.57 Å². The van der Waals surface area contributed by atoms with Gasteiger partial charge in [-0.05, 0) is 38.0 Å². The summed E-state index contributed by atoms with van der Waals surface area (Å²) < 4.78 is 1.40. The Morgan fingerprint density at radius 3 is 2.21 bits per heavy atom. The molecular weight excluding hydrogens is 242 g/mol. The van der Waals surface area contributed by atoms with Crippen LogP contribution in [0.1, 0.15) is 27.0 Å². The van der Waals surface area contributed by atoms with E-state index in [0.29, 0.717) is 0 Å². The predicted octanol–water partition coefficient (Wildman–Crippen LogP) is 2.46. The van der Waals surface area contributed by atoms with Gasteiger partial charge in [-0.25, -0.2) is 4.79 Å². The molecule has 4 nitrogen and oxygen atoms in total. The van der Waals surface area contributed by atoms with Gasteiger partial charge in [-0.3, -0.25) is 9.36 Å². The molecule has 0 aliphatic carbocycles. The largest absolute Gasteiger partial charge is 0.478 e. The zero-order valence-corrected chi connectivity index (χ0v) is 11.1. The Morgan fingerprint density at radius 2 is 1.68 bits per heavy atom. The first-order valence-electron chi connectivity index (χ1n) is 5.94. The molecule has 0 unspecified atom stereocenters. The monoisotopic (exact) mass is 257 g/mol. The van der Waals surface area contributed by atoms with Gasteiger partial charge in [-0.15, -0.1) is 0 Å². The second-order valence-electron chi connectivity index (χ2n) is 4.68. The molecule has 0 saturated carbocycles. The van der Waals surface area contributed by atoms with Crippen molar-refractivity contribution in [3.63, 3.8) is 0 Å². The number of hydrogen-bond acceptors (Lipinski definition) is 2. The van der Waals surface area contributed by atoms with E-state index < -0.39 is 5.97 Å². The van der Waals surface area contributed by atoms with E-state index in [0.717, 1.165) is 22.4 Å². The van der Waals surface area contributed by atoms with E-state index in [2.05, 4.69) is 0 Å². The maximum atomic E-state index is 12.0. The molecule has 0 radical (unpaired) electrons. The average Bonchev–Trinajstić information content (AvgIpc) is 2.29. The molecule has 4 heteroatoms. The fourth-order valence-electron chi connectivity index (χ4n) is 2.34. The van der Waals surface area contributed by atoms with E-state index in [9.17, 15) is 9.59 Å². The summed E-state index contributed by atoms with van der Waals surface area (Å²) in [6.45, 7) is 5.81. The predicted molar refractivity (Wildman–Crippen MR) is 73.2 cm³/mol. The van der Waals surface area contributed by atoms with Gasteiger partial charge in [-0.2, -0.15) is 0 Å². The Morgan fingerprint density at radius 1 is 1.11 bits per heavy atom. The zero-order valence-electron chi connectivity index (χ0n) is 11.1. The molecule has 1 heterocycles. The standard InChI is InChI=1S/C15H15NO3/c1-9-6-10(2)14(11(3)7-9)16-8-12(15(18)19)4-5-13(16)17/h4-8H,1-3H3,(H,18,19). The topological polar surface area (TPSA) is 59.3 Å². The Hall–Kier alpha value is -2.36. The third-order valence-corrected chi connectivity index (χ3v) is 3.03. The maximum absolute atomic E-state index is 12.0. The summed E-state index contributed by atoms with van der Waals surface area (Å²) in [4.78, 5) is 23.0. The van der Waals surface area contributed by atoms with Gasteiger partial charge in [0.15, 0.2) is 0 Å². The van der Waals surface area contributed by atoms with Crippen molar-refractivity contribution in [2.45, 2.75) is 20.8 Å². The van der Waals surface area contributed by atoms with E-state index in [1.807, 2.05) is 32.9 Å². The summed E-state index contributed by atoms with van der Waals surface area (Å²) in [6.07, 6.45) is 1.37. The first-order valence-corrected chi connectivity index (χ1v) is 5.94. The molecule has 98 valence electrons. The summed E-state index contributed by atoms with van der Waals surface area (Å²) in [5, 5.41) is 9.01. The van der Waals surface area contributed by atoms with Gasteiger partial charge in [0.05, 0.1) is 11.3 Å². The average molecular weight is 257 g/mol. The van der Waals surface area contributed by atoms with E-state index in [1.54, 1.807) is 0 Å². The Bertz CT molecular complexity index is 691. The lowest BCUT2D eigenvalue weighted by Gasteiger charge is -2.14. The van der Waals surface area contributed by atoms with Crippen LogP contribution in [-0.4, -0.2) is 15.6 Å². The normalized spacial score (nSPS) is 10.5. The quantitative estimate of drug-likeness (QED) is 0.899. The summed E-state index contributed by atoms with van der Waals surface area (Å²) in [5.74, 6) is -1.05. The number of aryl methyl sites for hydroxylation is 3. The molecule has 2 rings (SSSR count). The third-order valence-electron chi connectivity index (χ3n) is 3.03. The minimum absolute atomic E-state index is 0.0963. The SMILES string of the molecule is Cc1cc(C)c(-n2cc(C(=O)O)ccc2=O)c(C)c1. The number of hydrogen-bond donors (Lipinski definition) is 1. The number of carboxylic acid groups (broad SMARTS) is 1. The smallest absolute Gasteiger partial charge is 0.337 e. The van der Waals surface area contributed by atoms with Gasteiger partial charge in [0, 0.05) is 12.3 Å². The Kier molecular flexibility index (Phi) is 3.25. The van der Waals surface area contributed by atoms with Crippen LogP contribution in [0, 0.1) is 20.8 Å². The first kappa shape index (κ1) is 13.1. The van der Waals surface area contributed by atoms with Crippen LogP contribution < -0.4 is 5.56 Å². The highest BCUT2D eigenvalue weighted by molar-refractivity contribution is 5.87. The van der Waals surface area contributed by atoms with Gasteiger partial charge < -0.3 is 5.11 Å². The highest BCUT2D eigenvalue weighted by Gasteiger charge is 2.11. The van der Waals surface area contributed by atoms with Crippen LogP contribution >= 0.6 is 0 Å². The summed E-state index contributed by atoms with van der Waals surface area (Å²) in [6, 6.07) is 6.55. The van der Waals surface area contributed by atoms with Crippen LogP contribution in [0.5, 0.6) is 0 Å². The van der Waals surface area contributed by atoms with E-state index >= 15 is 0 Å². The second kappa shape index (κ2) is 4.72. The van der Waals surface area contributed by atoms with Crippen molar-refractivity contribution >= 4 is 5.97 Å². The highest BCUT2D eigenvalue weighted by Crippen LogP contribution is 2.19. The van der Waals surface area contributed by atoms with Crippen LogP contribution in [0.2, 0.25) is 0 Å². The molecule has 0 aliphatic rings. The van der Waals surface area contributed by atoms with Crippen LogP contribution in [0.15, 0.2) is 35.3 Å². The molecule has 0 atom stereocenters. The molecule has 1 N–H and O–H groups in total. The van der Waals surface area contributed by atoms with Crippen molar-refractivity contribution < 1.29 is 9.90 Å². The molecule has 1 aromatic carbocycles. The van der Waals surface area contributed by atoms with Crippen LogP contribution in [0.3, 0.4) is 0 Å². The third kappa shape index (κ3) is 2.42. The molecule has 2 aromatic rings. The van der Waals surface area contributed by atoms with E-state index in [4.69, 9.17) is 5.11 Å². The molecule has 0 fully saturated rings. The number of rotatable bonds is 2. The van der Waals surface area contributed by atoms with Crippen molar-refractivity contribution in [3.8, 4) is 5.69 Å². The fraction of sp³-hybridized carbons (Fsp3) is 0.200. The number of pyridine rings is 1. The summed E-state index contributed by atoms with van der Waals surface area (Å²) in [7, 11) is 0. The number of benzene rings is 1. The van der Waals surface area contributed by atoms with E-state index in [-0.39, 0.29) is 11.1 Å². The van der Waals surface area contributed by atoms with Gasteiger partial charge in [-0.1, -0.05) is 17.7 Å². The summed E-state index contributed by atoms with van der Waals surface area (Å²) in [5.41, 5.74) is 3.61. The number of aromatic carboxylic acids is 1. The van der Waals surface area contributed by atoms with E-state index in [1.165, 1.54) is 22.9 Å². The fourth-order valence-corrected chi connectivity index (χ4v) is 2.34. The number of nitrogens with zero attached hydrogens (tertiary/aromatic N) is 1. The molecule has 19 heavy (non-hydrogen) atoms. The first-order chi connectivity index (χ1) is 8.90. The number of carboxylic acids is 1. The minimum atomic E-state index is -1.05. The second-order valence-corrected chi connectivity index (χ2v) is 4.68. The Balaban J connectivity index is 2.75. The Labute approximate surface area is 110 Å². The molecule has 0 aliphatic heterocycles. The van der Waals surface area contributed by atoms with Crippen LogP contribution in [-0.2, 0) is 0 Å². The highest BCUT2D eigenvalue weighted by atomic mass is 16.4. The molecule has 0 saturated heterocycles. The van der Waals surface area contributed by atoms with Crippen molar-refractivity contribution in [3.05, 3.63) is 63.1 Å². The lowest BCUT2D eigenvalue weighted by Crippen LogP contribution is -2.20. The van der Waals surface area contributed by atoms with Gasteiger partial charge >= 0.3 is 5.97 Å². The van der Waals surface area contributed by atoms with Crippen molar-refractivity contribution in [1.29, 1.82) is 0 Å². The molecule has 1 aromatic heterocycles. The van der Waals surface area contributed by atoms with Crippen LogP contribution in [0.4, 0.5) is 0 Å². The molecular formula is C15H15NO3. The lowest BCUT2D eigenvalue weighted by molar-refractivity contribution is 0.0696. The minimum Gasteiger partial charge on any atom is -0.478 e. The zero-order chi connectivity index (χ0) is 14.2. The number of aromatic nitrogens is 1. The van der Waals surface area contributed by atoms with Gasteiger partial charge in [0.1, 0.15) is 0 Å². The van der Waals surface area contributed by atoms with Gasteiger partial charge in [0.2, 0.25) is 0 Å².